The molecule has 0 aromatic rings. The minimum atomic E-state index is -2.15. The number of hydrogen-bond donors (Lipinski definition) is 4. The lowest BCUT2D eigenvalue weighted by molar-refractivity contribution is -0.458. The van der Waals surface area contributed by atoms with Crippen LogP contribution in [-0.2, 0) is 14.3 Å². The van der Waals surface area contributed by atoms with E-state index in [0.29, 0.717) is 19.3 Å². The highest BCUT2D eigenvalue weighted by molar-refractivity contribution is 6.00. The lowest BCUT2D eigenvalue weighted by atomic mass is 9.35. The average Bonchev–Trinajstić information content (AvgIpc) is 3.40. The van der Waals surface area contributed by atoms with E-state index in [1.807, 2.05) is 0 Å². The van der Waals surface area contributed by atoms with Gasteiger partial charge in [-0.3, -0.25) is 4.79 Å². The minimum absolute atomic E-state index is 0.0980. The van der Waals surface area contributed by atoms with Crippen molar-refractivity contribution in [3.63, 3.8) is 0 Å². The molecule has 3 aliphatic heterocycles. The zero-order valence-corrected chi connectivity index (χ0v) is 15.7. The number of aliphatic hydroxyl groups is 4. The highest BCUT2D eigenvalue weighted by Crippen LogP contribution is 2.78. The SMILES string of the molecule is CC1(C)CC[C@H](O)[C@]23CO[C@@](O)([C@@H](O)C12)C12C(=O)[C@@]4(CO4)C(CCC13)C2O. The molecule has 4 bridgehead atoms. The first-order valence-corrected chi connectivity index (χ1v) is 10.2. The van der Waals surface area contributed by atoms with E-state index < -0.39 is 52.4 Å². The van der Waals surface area contributed by atoms with E-state index in [0.717, 1.165) is 6.42 Å². The van der Waals surface area contributed by atoms with E-state index in [2.05, 4.69) is 13.8 Å². The molecular weight excluding hydrogens is 352 g/mol. The van der Waals surface area contributed by atoms with Crippen molar-refractivity contribution in [3.05, 3.63) is 0 Å². The molecule has 0 amide bonds. The molecule has 10 atom stereocenters. The van der Waals surface area contributed by atoms with Crippen molar-refractivity contribution in [1.82, 2.24) is 0 Å². The molecule has 7 aliphatic rings. The molecule has 3 saturated heterocycles. The molecule has 27 heavy (non-hydrogen) atoms. The van der Waals surface area contributed by atoms with Crippen molar-refractivity contribution in [2.45, 2.75) is 69.2 Å². The van der Waals surface area contributed by atoms with E-state index in [1.165, 1.54) is 0 Å². The molecule has 5 unspecified atom stereocenters. The number of carbonyl (C=O) groups is 1. The van der Waals surface area contributed by atoms with Gasteiger partial charge in [0, 0.05) is 17.3 Å². The van der Waals surface area contributed by atoms with Gasteiger partial charge >= 0.3 is 0 Å². The average molecular weight is 380 g/mol. The maximum absolute atomic E-state index is 13.7. The third-order valence-electron chi connectivity index (χ3n) is 9.58. The van der Waals surface area contributed by atoms with Gasteiger partial charge in [-0.25, -0.2) is 0 Å². The normalized spacial score (nSPS) is 65.2. The fraction of sp³-hybridized carbons (Fsp3) is 0.950. The number of Topliss-reactive ketones (excluding diaryl/α,β-unsaturated/α-hetero) is 1. The van der Waals surface area contributed by atoms with Crippen molar-refractivity contribution in [2.24, 2.45) is 34.0 Å². The van der Waals surface area contributed by atoms with E-state index in [9.17, 15) is 25.2 Å². The van der Waals surface area contributed by atoms with Crippen molar-refractivity contribution < 1.29 is 34.7 Å². The number of carbonyl (C=O) groups excluding carboxylic acids is 1. The number of ketones is 1. The highest BCUT2D eigenvalue weighted by Gasteiger charge is 2.91. The molecular formula is C20H28O7. The largest absolute Gasteiger partial charge is 0.392 e. The second-order valence-electron chi connectivity index (χ2n) is 10.6. The summed E-state index contributed by atoms with van der Waals surface area (Å²) >= 11 is 0. The second kappa shape index (κ2) is 4.45. The van der Waals surface area contributed by atoms with Crippen LogP contribution in [0, 0.1) is 34.0 Å². The van der Waals surface area contributed by atoms with Gasteiger partial charge in [-0.2, -0.15) is 0 Å². The van der Waals surface area contributed by atoms with Gasteiger partial charge in [0.25, 0.3) is 0 Å². The zero-order chi connectivity index (χ0) is 19.2. The van der Waals surface area contributed by atoms with Gasteiger partial charge < -0.3 is 29.9 Å². The molecule has 3 spiro atoms. The third-order valence-corrected chi connectivity index (χ3v) is 9.58. The Morgan fingerprint density at radius 2 is 1.70 bits per heavy atom. The molecule has 4 saturated carbocycles. The van der Waals surface area contributed by atoms with Gasteiger partial charge in [0.15, 0.2) is 11.4 Å². The Balaban J connectivity index is 1.64. The summed E-state index contributed by atoms with van der Waals surface area (Å²) in [4.78, 5) is 13.7. The quantitative estimate of drug-likeness (QED) is 0.422. The topological polar surface area (TPSA) is 120 Å². The van der Waals surface area contributed by atoms with Crippen LogP contribution in [0.4, 0.5) is 0 Å². The van der Waals surface area contributed by atoms with Gasteiger partial charge in [0.2, 0.25) is 5.79 Å². The van der Waals surface area contributed by atoms with E-state index in [-0.39, 0.29) is 30.3 Å². The predicted molar refractivity (Wildman–Crippen MR) is 90.2 cm³/mol. The number of hydrogen-bond acceptors (Lipinski definition) is 7. The molecule has 4 N–H and O–H groups in total. The van der Waals surface area contributed by atoms with Crippen LogP contribution in [0.5, 0.6) is 0 Å². The molecule has 7 rings (SSSR count). The van der Waals surface area contributed by atoms with Gasteiger partial charge in [-0.05, 0) is 37.0 Å². The van der Waals surface area contributed by atoms with E-state index in [4.69, 9.17) is 9.47 Å². The highest BCUT2D eigenvalue weighted by atomic mass is 16.6. The smallest absolute Gasteiger partial charge is 0.208 e. The summed E-state index contributed by atoms with van der Waals surface area (Å²) in [6, 6.07) is 0. The first-order valence-electron chi connectivity index (χ1n) is 10.2. The van der Waals surface area contributed by atoms with Gasteiger partial charge in [0.05, 0.1) is 25.4 Å². The summed E-state index contributed by atoms with van der Waals surface area (Å²) in [6.07, 6.45) is -0.724. The Labute approximate surface area is 157 Å². The first-order chi connectivity index (χ1) is 12.6. The third kappa shape index (κ3) is 1.41. The van der Waals surface area contributed by atoms with Crippen LogP contribution in [-0.4, -0.2) is 69.1 Å². The molecule has 150 valence electrons. The van der Waals surface area contributed by atoms with Gasteiger partial charge in [0.1, 0.15) is 11.5 Å². The minimum Gasteiger partial charge on any atom is -0.392 e. The number of epoxide rings is 1. The summed E-state index contributed by atoms with van der Waals surface area (Å²) in [5, 5.41) is 45.6. The molecule has 0 radical (unpaired) electrons. The van der Waals surface area contributed by atoms with Crippen molar-refractivity contribution in [3.8, 4) is 0 Å². The van der Waals surface area contributed by atoms with E-state index in [1.54, 1.807) is 0 Å². The van der Waals surface area contributed by atoms with Crippen LogP contribution in [0.15, 0.2) is 0 Å². The summed E-state index contributed by atoms with van der Waals surface area (Å²) in [5.41, 5.74) is -3.86. The van der Waals surface area contributed by atoms with Crippen molar-refractivity contribution in [2.75, 3.05) is 13.2 Å². The van der Waals surface area contributed by atoms with E-state index >= 15 is 0 Å². The van der Waals surface area contributed by atoms with Crippen molar-refractivity contribution >= 4 is 5.78 Å². The summed E-state index contributed by atoms with van der Waals surface area (Å²) in [5.74, 6) is -3.71. The second-order valence-corrected chi connectivity index (χ2v) is 10.6. The standard InChI is InChI=1S/C20H28O7/c1-16(2)6-5-11(21)17-7-27-20(25,14(23)12(16)17)19-10(17)4-3-9(13(19)22)18(8-26-18)15(19)24/h9-14,21-23,25H,3-8H2,1-2H3/t9?,10?,11-,12?,13?,14-,17+,18+,19?,20-/m0/s1. The molecule has 7 heteroatoms. The Morgan fingerprint density at radius 3 is 2.37 bits per heavy atom. The molecule has 7 fully saturated rings. The number of fused-ring (bicyclic) bond motifs is 3. The molecule has 3 heterocycles. The van der Waals surface area contributed by atoms with Crippen LogP contribution in [0.3, 0.4) is 0 Å². The van der Waals surface area contributed by atoms with Crippen LogP contribution < -0.4 is 0 Å². The number of rotatable bonds is 0. The zero-order valence-electron chi connectivity index (χ0n) is 15.7. The molecule has 0 aromatic heterocycles. The van der Waals surface area contributed by atoms with Crippen LogP contribution >= 0.6 is 0 Å². The van der Waals surface area contributed by atoms with Crippen molar-refractivity contribution in [1.29, 1.82) is 0 Å². The summed E-state index contributed by atoms with van der Waals surface area (Å²) in [7, 11) is 0. The maximum atomic E-state index is 13.7. The number of aliphatic hydroxyl groups excluding tert-OH is 3. The van der Waals surface area contributed by atoms with Crippen LogP contribution in [0.2, 0.25) is 0 Å². The monoisotopic (exact) mass is 380 g/mol. The van der Waals surface area contributed by atoms with Crippen LogP contribution in [0.1, 0.15) is 39.5 Å². The Morgan fingerprint density at radius 1 is 1.00 bits per heavy atom. The lowest BCUT2D eigenvalue weighted by Crippen LogP contribution is -2.85. The lowest BCUT2D eigenvalue weighted by Gasteiger charge is -2.74. The fourth-order valence-electron chi connectivity index (χ4n) is 8.53. The van der Waals surface area contributed by atoms with Gasteiger partial charge in [-0.1, -0.05) is 13.8 Å². The molecule has 4 aliphatic carbocycles. The fourth-order valence-corrected chi connectivity index (χ4v) is 8.53. The molecule has 7 nitrogen and oxygen atoms in total. The van der Waals surface area contributed by atoms with Crippen LogP contribution in [0.25, 0.3) is 0 Å². The Bertz CT molecular complexity index is 747. The van der Waals surface area contributed by atoms with Gasteiger partial charge in [-0.15, -0.1) is 0 Å². The summed E-state index contributed by atoms with van der Waals surface area (Å²) < 4.78 is 11.4. The Kier molecular flexibility index (Phi) is 2.85. The maximum Gasteiger partial charge on any atom is 0.208 e. The summed E-state index contributed by atoms with van der Waals surface area (Å²) in [6.45, 7) is 4.45. The predicted octanol–water partition coefficient (Wildman–Crippen LogP) is -0.412. The number of ether oxygens (including phenoxy) is 2. The first kappa shape index (κ1) is 17.3. The Hall–Kier alpha value is -0.570. The molecule has 0 aromatic carbocycles.